The van der Waals surface area contributed by atoms with Crippen molar-refractivity contribution in [3.63, 3.8) is 0 Å². The van der Waals surface area contributed by atoms with Gasteiger partial charge in [0.1, 0.15) is 17.7 Å². The van der Waals surface area contributed by atoms with Gasteiger partial charge < -0.3 is 5.32 Å². The maximum Gasteiger partial charge on any atom is 0.255 e. The molecule has 1 N–H and O–H groups in total. The second kappa shape index (κ2) is 6.83. The number of pyridine rings is 1. The number of anilines is 1. The van der Waals surface area contributed by atoms with E-state index in [0.717, 1.165) is 28.9 Å². The van der Waals surface area contributed by atoms with Crippen molar-refractivity contribution in [3.8, 4) is 5.82 Å². The van der Waals surface area contributed by atoms with Crippen molar-refractivity contribution in [1.82, 2.24) is 29.5 Å². The Morgan fingerprint density at radius 3 is 2.72 bits per heavy atom. The zero-order chi connectivity index (χ0) is 19.8. The number of aromatic nitrogens is 6. The molecule has 8 nitrogen and oxygen atoms in total. The van der Waals surface area contributed by atoms with Crippen LogP contribution >= 0.6 is 0 Å². The molecule has 0 fully saturated rings. The van der Waals surface area contributed by atoms with E-state index in [2.05, 4.69) is 25.6 Å². The van der Waals surface area contributed by atoms with Crippen LogP contribution in [0.2, 0.25) is 0 Å². The van der Waals surface area contributed by atoms with E-state index in [4.69, 9.17) is 0 Å². The molecule has 2 aromatic carbocycles. The van der Waals surface area contributed by atoms with Crippen molar-refractivity contribution >= 4 is 33.7 Å². The topological polar surface area (TPSA) is 90.5 Å². The van der Waals surface area contributed by atoms with Gasteiger partial charge in [0.15, 0.2) is 0 Å². The van der Waals surface area contributed by atoms with Gasteiger partial charge in [0, 0.05) is 12.1 Å². The average Bonchev–Trinajstić information content (AvgIpc) is 3.38. The predicted molar refractivity (Wildman–Crippen MR) is 110 cm³/mol. The van der Waals surface area contributed by atoms with Crippen LogP contribution < -0.4 is 5.32 Å². The molecule has 142 valence electrons. The summed E-state index contributed by atoms with van der Waals surface area (Å²) in [6, 6.07) is 16.9. The van der Waals surface area contributed by atoms with Crippen molar-refractivity contribution in [1.29, 1.82) is 0 Å². The van der Waals surface area contributed by atoms with Crippen molar-refractivity contribution < 1.29 is 4.79 Å². The van der Waals surface area contributed by atoms with Crippen LogP contribution in [0.5, 0.6) is 0 Å². The second-order valence-electron chi connectivity index (χ2n) is 6.57. The summed E-state index contributed by atoms with van der Waals surface area (Å²) in [5, 5.41) is 11.1. The van der Waals surface area contributed by atoms with E-state index in [0.29, 0.717) is 16.8 Å². The summed E-state index contributed by atoms with van der Waals surface area (Å²) < 4.78 is 3.70. The lowest BCUT2D eigenvalue weighted by Crippen LogP contribution is -2.12. The van der Waals surface area contributed by atoms with Gasteiger partial charge in [-0.25, -0.2) is 14.6 Å². The quantitative estimate of drug-likeness (QED) is 0.513. The van der Waals surface area contributed by atoms with Gasteiger partial charge in [0.05, 0.1) is 28.4 Å². The van der Waals surface area contributed by atoms with E-state index in [1.807, 2.05) is 54.0 Å². The number of benzene rings is 2. The first-order valence-electron chi connectivity index (χ1n) is 9.26. The number of nitrogens with one attached hydrogen (secondary N) is 1. The molecule has 0 spiro atoms. The van der Waals surface area contributed by atoms with Crippen LogP contribution in [-0.2, 0) is 6.54 Å². The molecule has 3 heterocycles. The maximum absolute atomic E-state index is 12.6. The van der Waals surface area contributed by atoms with Crippen LogP contribution in [0.25, 0.3) is 27.9 Å². The summed E-state index contributed by atoms with van der Waals surface area (Å²) in [5.41, 5.74) is 4.61. The summed E-state index contributed by atoms with van der Waals surface area (Å²) >= 11 is 0. The third kappa shape index (κ3) is 3.00. The highest BCUT2D eigenvalue weighted by molar-refractivity contribution is 6.05. The molecule has 0 bridgehead atoms. The van der Waals surface area contributed by atoms with Crippen LogP contribution in [0.4, 0.5) is 5.69 Å². The Hall–Kier alpha value is -4.07. The molecule has 0 saturated heterocycles. The largest absolute Gasteiger partial charge is 0.321 e. The third-order valence-electron chi connectivity index (χ3n) is 4.78. The molecule has 0 atom stereocenters. The maximum atomic E-state index is 12.6. The number of para-hydroxylation sites is 2. The van der Waals surface area contributed by atoms with Crippen LogP contribution in [-0.4, -0.2) is 35.4 Å². The van der Waals surface area contributed by atoms with Crippen LogP contribution in [0, 0.1) is 0 Å². The number of hydrogen-bond donors (Lipinski definition) is 1. The minimum absolute atomic E-state index is 0.222. The first-order chi connectivity index (χ1) is 14.2. The van der Waals surface area contributed by atoms with Gasteiger partial charge in [-0.3, -0.25) is 9.36 Å². The standard InChI is InChI=1S/C21H17N7O/c1-2-28-19-9-7-14(11-17(19)25-26-28)21(29)24-15-8-10-20(22-12-15)27-13-23-16-5-3-4-6-18(16)27/h3-13H,2H2,1H3,(H,24,29). The Labute approximate surface area is 165 Å². The van der Waals surface area contributed by atoms with E-state index in [1.54, 1.807) is 29.3 Å². The van der Waals surface area contributed by atoms with Gasteiger partial charge in [-0.1, -0.05) is 17.3 Å². The summed E-state index contributed by atoms with van der Waals surface area (Å²) in [6.45, 7) is 2.73. The van der Waals surface area contributed by atoms with E-state index in [9.17, 15) is 4.79 Å². The molecule has 29 heavy (non-hydrogen) atoms. The first kappa shape index (κ1) is 17.1. The van der Waals surface area contributed by atoms with Crippen molar-refractivity contribution in [2.75, 3.05) is 5.32 Å². The number of rotatable bonds is 4. The number of hydrogen-bond acceptors (Lipinski definition) is 5. The third-order valence-corrected chi connectivity index (χ3v) is 4.78. The first-order valence-corrected chi connectivity index (χ1v) is 9.26. The number of imidazole rings is 1. The van der Waals surface area contributed by atoms with Gasteiger partial charge in [-0.05, 0) is 49.4 Å². The lowest BCUT2D eigenvalue weighted by atomic mass is 10.2. The fourth-order valence-electron chi connectivity index (χ4n) is 3.29. The molecule has 8 heteroatoms. The summed E-state index contributed by atoms with van der Waals surface area (Å²) in [4.78, 5) is 21.5. The Kier molecular flexibility index (Phi) is 4.02. The van der Waals surface area contributed by atoms with Gasteiger partial charge in [0.2, 0.25) is 0 Å². The molecule has 0 aliphatic heterocycles. The molecule has 3 aromatic heterocycles. The van der Waals surface area contributed by atoms with E-state index in [-0.39, 0.29) is 5.91 Å². The normalized spacial score (nSPS) is 11.2. The van der Waals surface area contributed by atoms with Crippen LogP contribution in [0.3, 0.4) is 0 Å². The number of carbonyl (C=O) groups excluding carboxylic acids is 1. The van der Waals surface area contributed by atoms with Crippen LogP contribution in [0.15, 0.2) is 67.1 Å². The molecule has 1 amide bonds. The number of amides is 1. The van der Waals surface area contributed by atoms with Crippen molar-refractivity contribution in [3.05, 3.63) is 72.7 Å². The van der Waals surface area contributed by atoms with Gasteiger partial charge >= 0.3 is 0 Å². The lowest BCUT2D eigenvalue weighted by molar-refractivity contribution is 0.102. The predicted octanol–water partition coefficient (Wildman–Crippen LogP) is 3.44. The van der Waals surface area contributed by atoms with Gasteiger partial charge in [-0.15, -0.1) is 5.10 Å². The Balaban J connectivity index is 1.37. The molecule has 0 unspecified atom stereocenters. The lowest BCUT2D eigenvalue weighted by Gasteiger charge is -2.07. The highest BCUT2D eigenvalue weighted by atomic mass is 16.1. The number of aryl methyl sites for hydroxylation is 1. The molecule has 0 radical (unpaired) electrons. The Morgan fingerprint density at radius 1 is 1.00 bits per heavy atom. The fraction of sp³-hybridized carbons (Fsp3) is 0.0952. The highest BCUT2D eigenvalue weighted by Crippen LogP contribution is 2.19. The molecule has 5 aromatic rings. The molecule has 0 aliphatic carbocycles. The molecule has 5 rings (SSSR count). The fourth-order valence-corrected chi connectivity index (χ4v) is 3.29. The highest BCUT2D eigenvalue weighted by Gasteiger charge is 2.11. The number of nitrogens with zero attached hydrogens (tertiary/aromatic N) is 6. The van der Waals surface area contributed by atoms with E-state index >= 15 is 0 Å². The minimum Gasteiger partial charge on any atom is -0.321 e. The average molecular weight is 383 g/mol. The molecular formula is C21H17N7O. The van der Waals surface area contributed by atoms with E-state index < -0.39 is 0 Å². The number of carbonyl (C=O) groups is 1. The summed E-state index contributed by atoms with van der Waals surface area (Å²) in [7, 11) is 0. The second-order valence-corrected chi connectivity index (χ2v) is 6.57. The Morgan fingerprint density at radius 2 is 1.90 bits per heavy atom. The zero-order valence-corrected chi connectivity index (χ0v) is 15.6. The summed E-state index contributed by atoms with van der Waals surface area (Å²) in [5.74, 6) is 0.509. The van der Waals surface area contributed by atoms with Gasteiger partial charge in [-0.2, -0.15) is 0 Å². The minimum atomic E-state index is -0.222. The SMILES string of the molecule is CCn1nnc2cc(C(=O)Nc3ccc(-n4cnc5ccccc54)nc3)ccc21. The van der Waals surface area contributed by atoms with Crippen LogP contribution in [0.1, 0.15) is 17.3 Å². The van der Waals surface area contributed by atoms with Crippen molar-refractivity contribution in [2.45, 2.75) is 13.5 Å². The molecule has 0 saturated carbocycles. The smallest absolute Gasteiger partial charge is 0.255 e. The monoisotopic (exact) mass is 383 g/mol. The zero-order valence-electron chi connectivity index (χ0n) is 15.6. The molecular weight excluding hydrogens is 366 g/mol. The summed E-state index contributed by atoms with van der Waals surface area (Å²) in [6.07, 6.45) is 3.37. The van der Waals surface area contributed by atoms with Crippen molar-refractivity contribution in [2.24, 2.45) is 0 Å². The van der Waals surface area contributed by atoms with E-state index in [1.165, 1.54) is 0 Å². The van der Waals surface area contributed by atoms with Gasteiger partial charge in [0.25, 0.3) is 5.91 Å². The number of fused-ring (bicyclic) bond motifs is 2. The molecule has 0 aliphatic rings. The Bertz CT molecular complexity index is 1330.